The molecule has 0 aliphatic rings. The van der Waals surface area contributed by atoms with Crippen LogP contribution >= 0.6 is 11.6 Å². The van der Waals surface area contributed by atoms with E-state index in [2.05, 4.69) is 15.1 Å². The van der Waals surface area contributed by atoms with Crippen LogP contribution in [0.5, 0.6) is 0 Å². The number of halogens is 1. The topological polar surface area (TPSA) is 43.6 Å². The second-order valence-corrected chi connectivity index (χ2v) is 4.73. The minimum atomic E-state index is 0.246. The van der Waals surface area contributed by atoms with Crippen molar-refractivity contribution in [3.63, 3.8) is 0 Å². The van der Waals surface area contributed by atoms with Gasteiger partial charge in [-0.25, -0.2) is 9.97 Å². The fraction of sp³-hybridized carbons (Fsp3) is 0.417. The highest BCUT2D eigenvalue weighted by atomic mass is 35.5. The molecule has 2 rings (SSSR count). The third-order valence-corrected chi connectivity index (χ3v) is 2.94. The summed E-state index contributed by atoms with van der Waals surface area (Å²) in [5, 5.41) is 4.86. The molecule has 0 amide bonds. The van der Waals surface area contributed by atoms with Crippen molar-refractivity contribution in [2.45, 2.75) is 26.7 Å². The van der Waals surface area contributed by atoms with Gasteiger partial charge in [-0.05, 0) is 13.0 Å². The molecule has 0 atom stereocenters. The van der Waals surface area contributed by atoms with Crippen molar-refractivity contribution in [2.24, 2.45) is 7.05 Å². The first-order chi connectivity index (χ1) is 7.99. The van der Waals surface area contributed by atoms with Gasteiger partial charge in [-0.15, -0.1) is 0 Å². The monoisotopic (exact) mass is 250 g/mol. The van der Waals surface area contributed by atoms with Crippen LogP contribution in [0.4, 0.5) is 0 Å². The van der Waals surface area contributed by atoms with E-state index in [4.69, 9.17) is 11.6 Å². The van der Waals surface area contributed by atoms with Gasteiger partial charge in [0.05, 0.1) is 5.69 Å². The molecular weight excluding hydrogens is 236 g/mol. The molecule has 0 aromatic carbocycles. The maximum absolute atomic E-state index is 6.13. The average Bonchev–Trinajstić information content (AvgIpc) is 2.68. The van der Waals surface area contributed by atoms with Gasteiger partial charge in [0, 0.05) is 24.7 Å². The summed E-state index contributed by atoms with van der Waals surface area (Å²) < 4.78 is 1.75. The molecular formula is C12H15ClN4. The van der Waals surface area contributed by atoms with Crippen LogP contribution in [-0.4, -0.2) is 19.7 Å². The van der Waals surface area contributed by atoms with Gasteiger partial charge in [-0.3, -0.25) is 4.68 Å². The summed E-state index contributed by atoms with van der Waals surface area (Å²) in [4.78, 5) is 8.83. The van der Waals surface area contributed by atoms with Crippen LogP contribution in [0, 0.1) is 6.92 Å². The van der Waals surface area contributed by atoms with Gasteiger partial charge in [0.2, 0.25) is 0 Å². The van der Waals surface area contributed by atoms with E-state index in [1.807, 2.05) is 40.1 Å². The summed E-state index contributed by atoms with van der Waals surface area (Å²) >= 11 is 6.13. The lowest BCUT2D eigenvalue weighted by Crippen LogP contribution is -2.03. The minimum absolute atomic E-state index is 0.246. The molecule has 0 aliphatic carbocycles. The minimum Gasteiger partial charge on any atom is -0.275 e. The Morgan fingerprint density at radius 2 is 2.00 bits per heavy atom. The van der Waals surface area contributed by atoms with Crippen LogP contribution in [0.15, 0.2) is 12.3 Å². The van der Waals surface area contributed by atoms with Crippen LogP contribution < -0.4 is 0 Å². The lowest BCUT2D eigenvalue weighted by molar-refractivity contribution is 0.759. The molecule has 0 fully saturated rings. The number of rotatable bonds is 2. The quantitative estimate of drug-likeness (QED) is 0.770. The molecule has 5 heteroatoms. The zero-order valence-electron chi connectivity index (χ0n) is 10.4. The molecule has 17 heavy (non-hydrogen) atoms. The van der Waals surface area contributed by atoms with Gasteiger partial charge >= 0.3 is 0 Å². The molecule has 0 N–H and O–H groups in total. The smallest absolute Gasteiger partial charge is 0.136 e. The number of hydrogen-bond acceptors (Lipinski definition) is 3. The fourth-order valence-corrected chi connectivity index (χ4v) is 1.73. The summed E-state index contributed by atoms with van der Waals surface area (Å²) in [5.74, 6) is 0.997. The maximum Gasteiger partial charge on any atom is 0.136 e. The van der Waals surface area contributed by atoms with Gasteiger partial charge in [-0.2, -0.15) is 5.10 Å². The number of hydrogen-bond donors (Lipinski definition) is 0. The summed E-state index contributed by atoms with van der Waals surface area (Å²) in [6.45, 7) is 6.00. The normalized spacial score (nSPS) is 11.2. The molecule has 2 aromatic rings. The van der Waals surface area contributed by atoms with Gasteiger partial charge in [0.1, 0.15) is 16.7 Å². The van der Waals surface area contributed by atoms with Gasteiger partial charge in [-0.1, -0.05) is 25.4 Å². The lowest BCUT2D eigenvalue weighted by atomic mass is 10.1. The number of nitrogens with zero attached hydrogens (tertiary/aromatic N) is 4. The molecule has 0 bridgehead atoms. The summed E-state index contributed by atoms with van der Waals surface area (Å²) in [6, 6.07) is 1.93. The summed E-state index contributed by atoms with van der Waals surface area (Å²) in [6.07, 6.45) is 1.89. The van der Waals surface area contributed by atoms with Crippen LogP contribution in [0.1, 0.15) is 31.2 Å². The van der Waals surface area contributed by atoms with Crippen molar-refractivity contribution in [3.05, 3.63) is 28.8 Å². The predicted octanol–water partition coefficient (Wildman–Crippen LogP) is 2.96. The summed E-state index contributed by atoms with van der Waals surface area (Å²) in [7, 11) is 1.88. The van der Waals surface area contributed by atoms with E-state index in [9.17, 15) is 0 Å². The van der Waals surface area contributed by atoms with Crippen molar-refractivity contribution in [3.8, 4) is 11.4 Å². The highest BCUT2D eigenvalue weighted by molar-refractivity contribution is 6.30. The Labute approximate surface area is 106 Å². The molecule has 90 valence electrons. The molecule has 0 saturated heterocycles. The Bertz CT molecular complexity index is 545. The third kappa shape index (κ3) is 2.31. The van der Waals surface area contributed by atoms with E-state index in [0.717, 1.165) is 22.8 Å². The molecule has 4 nitrogen and oxygen atoms in total. The first-order valence-corrected chi connectivity index (χ1v) is 5.91. The average molecular weight is 251 g/mol. The Balaban J connectivity index is 2.60. The Kier molecular flexibility index (Phi) is 3.15. The van der Waals surface area contributed by atoms with Crippen molar-refractivity contribution in [1.82, 2.24) is 19.7 Å². The third-order valence-electron chi connectivity index (χ3n) is 2.58. The van der Waals surface area contributed by atoms with Crippen LogP contribution in [-0.2, 0) is 7.05 Å². The highest BCUT2D eigenvalue weighted by Gasteiger charge is 2.14. The van der Waals surface area contributed by atoms with Crippen LogP contribution in [0.2, 0.25) is 5.15 Å². The largest absolute Gasteiger partial charge is 0.275 e. The highest BCUT2D eigenvalue weighted by Crippen LogP contribution is 2.26. The maximum atomic E-state index is 6.13. The van der Waals surface area contributed by atoms with Crippen LogP contribution in [0.25, 0.3) is 11.4 Å². The molecule has 0 saturated carbocycles. The molecule has 0 radical (unpaired) electrons. The van der Waals surface area contributed by atoms with Crippen molar-refractivity contribution >= 4 is 11.6 Å². The predicted molar refractivity (Wildman–Crippen MR) is 68.1 cm³/mol. The molecule has 2 heterocycles. The number of aryl methyl sites for hydroxylation is 1. The molecule has 0 aliphatic heterocycles. The van der Waals surface area contributed by atoms with Gasteiger partial charge in [0.15, 0.2) is 0 Å². The fourth-order valence-electron chi connectivity index (χ4n) is 1.55. The van der Waals surface area contributed by atoms with Crippen molar-refractivity contribution < 1.29 is 0 Å². The van der Waals surface area contributed by atoms with Gasteiger partial charge in [0.25, 0.3) is 0 Å². The Hall–Kier alpha value is -1.42. The van der Waals surface area contributed by atoms with E-state index in [1.165, 1.54) is 0 Å². The second-order valence-electron chi connectivity index (χ2n) is 4.38. The Morgan fingerprint density at radius 1 is 1.29 bits per heavy atom. The van der Waals surface area contributed by atoms with Gasteiger partial charge < -0.3 is 0 Å². The van der Waals surface area contributed by atoms with E-state index in [0.29, 0.717) is 5.15 Å². The van der Waals surface area contributed by atoms with Crippen molar-refractivity contribution in [2.75, 3.05) is 0 Å². The summed E-state index contributed by atoms with van der Waals surface area (Å²) in [5.41, 5.74) is 2.51. The van der Waals surface area contributed by atoms with E-state index in [1.54, 1.807) is 4.68 Å². The lowest BCUT2D eigenvalue weighted by Gasteiger charge is -2.09. The standard InChI is InChI=1S/C12H15ClN4/c1-7(2)12-14-10(8(3)11(13)15-12)9-5-6-17(4)16-9/h5-7H,1-4H3. The van der Waals surface area contributed by atoms with E-state index < -0.39 is 0 Å². The number of aromatic nitrogens is 4. The molecule has 0 spiro atoms. The first-order valence-electron chi connectivity index (χ1n) is 5.53. The first kappa shape index (κ1) is 12.0. The zero-order chi connectivity index (χ0) is 12.6. The zero-order valence-corrected chi connectivity index (χ0v) is 11.2. The van der Waals surface area contributed by atoms with E-state index in [-0.39, 0.29) is 5.92 Å². The van der Waals surface area contributed by atoms with E-state index >= 15 is 0 Å². The molecule has 2 aromatic heterocycles. The molecule has 0 unspecified atom stereocenters. The SMILES string of the molecule is Cc1c(Cl)nc(C(C)C)nc1-c1ccn(C)n1. The Morgan fingerprint density at radius 3 is 2.53 bits per heavy atom. The van der Waals surface area contributed by atoms with Crippen LogP contribution in [0.3, 0.4) is 0 Å². The second kappa shape index (κ2) is 4.45. The van der Waals surface area contributed by atoms with Crippen molar-refractivity contribution in [1.29, 1.82) is 0 Å².